The smallest absolute Gasteiger partial charge is 0.223 e. The van der Waals surface area contributed by atoms with Crippen LogP contribution in [0.25, 0.3) is 0 Å². The summed E-state index contributed by atoms with van der Waals surface area (Å²) in [6.45, 7) is 1.78. The van der Waals surface area contributed by atoms with Crippen LogP contribution in [-0.4, -0.2) is 9.97 Å². The van der Waals surface area contributed by atoms with Crippen LogP contribution in [0, 0.1) is 18.3 Å². The summed E-state index contributed by atoms with van der Waals surface area (Å²) in [5.41, 5.74) is 0.548. The highest BCUT2D eigenvalue weighted by molar-refractivity contribution is 9.10. The Morgan fingerprint density at radius 3 is 2.82 bits per heavy atom. The van der Waals surface area contributed by atoms with E-state index in [4.69, 9.17) is 10.00 Å². The maximum atomic E-state index is 8.78. The Hall–Kier alpha value is -1.93. The van der Waals surface area contributed by atoms with Gasteiger partial charge in [-0.15, -0.1) is 0 Å². The van der Waals surface area contributed by atoms with E-state index in [1.807, 2.05) is 0 Å². The Balaban J connectivity index is 2.28. The molecule has 5 heteroatoms. The molecule has 0 unspecified atom stereocenters. The molecule has 0 bridgehead atoms. The van der Waals surface area contributed by atoms with Crippen molar-refractivity contribution in [3.63, 3.8) is 0 Å². The Bertz CT molecular complexity index is 572. The fourth-order valence-corrected chi connectivity index (χ4v) is 1.76. The predicted octanol–water partition coefficient (Wildman–Crippen LogP) is 3.21. The van der Waals surface area contributed by atoms with E-state index in [0.29, 0.717) is 27.6 Å². The van der Waals surface area contributed by atoms with Crippen LogP contribution in [0.15, 0.2) is 34.9 Å². The van der Waals surface area contributed by atoms with Gasteiger partial charge in [-0.3, -0.25) is 0 Å². The fourth-order valence-electron chi connectivity index (χ4n) is 1.31. The van der Waals surface area contributed by atoms with Crippen LogP contribution in [0.5, 0.6) is 11.6 Å². The van der Waals surface area contributed by atoms with Crippen molar-refractivity contribution in [2.45, 2.75) is 6.92 Å². The molecule has 84 valence electrons. The number of aromatic nitrogens is 2. The SMILES string of the molecule is Cc1nc(Br)cc(Oc2cccc(C#N)c2)n1. The first-order valence-electron chi connectivity index (χ1n) is 4.86. The molecule has 0 saturated heterocycles. The topological polar surface area (TPSA) is 58.8 Å². The Morgan fingerprint density at radius 1 is 1.29 bits per heavy atom. The van der Waals surface area contributed by atoms with Crippen molar-refractivity contribution in [2.75, 3.05) is 0 Å². The van der Waals surface area contributed by atoms with E-state index in [1.54, 1.807) is 37.3 Å². The van der Waals surface area contributed by atoms with Crippen molar-refractivity contribution < 1.29 is 4.74 Å². The number of benzene rings is 1. The van der Waals surface area contributed by atoms with E-state index in [0.717, 1.165) is 0 Å². The van der Waals surface area contributed by atoms with Crippen LogP contribution in [0.2, 0.25) is 0 Å². The second kappa shape index (κ2) is 4.93. The van der Waals surface area contributed by atoms with Crippen LogP contribution in [0.4, 0.5) is 0 Å². The number of nitriles is 1. The zero-order valence-electron chi connectivity index (χ0n) is 9.01. The first-order valence-corrected chi connectivity index (χ1v) is 5.66. The number of ether oxygens (including phenoxy) is 1. The summed E-state index contributed by atoms with van der Waals surface area (Å²) in [4.78, 5) is 8.22. The molecule has 0 aliphatic heterocycles. The van der Waals surface area contributed by atoms with Gasteiger partial charge >= 0.3 is 0 Å². The Morgan fingerprint density at radius 2 is 2.12 bits per heavy atom. The summed E-state index contributed by atoms with van der Waals surface area (Å²) >= 11 is 3.27. The van der Waals surface area contributed by atoms with Crippen molar-refractivity contribution in [3.05, 3.63) is 46.3 Å². The van der Waals surface area contributed by atoms with Crippen LogP contribution in [0.1, 0.15) is 11.4 Å². The van der Waals surface area contributed by atoms with Crippen molar-refractivity contribution in [2.24, 2.45) is 0 Å². The normalized spacial score (nSPS) is 9.71. The molecule has 0 fully saturated rings. The molecule has 0 amide bonds. The van der Waals surface area contributed by atoms with Crippen LogP contribution in [0.3, 0.4) is 0 Å². The van der Waals surface area contributed by atoms with Gasteiger partial charge in [-0.05, 0) is 41.1 Å². The molecule has 0 N–H and O–H groups in total. The summed E-state index contributed by atoms with van der Waals surface area (Å²) in [6, 6.07) is 10.6. The lowest BCUT2D eigenvalue weighted by Gasteiger charge is -2.05. The summed E-state index contributed by atoms with van der Waals surface area (Å²) in [7, 11) is 0. The zero-order valence-corrected chi connectivity index (χ0v) is 10.6. The molecule has 0 aliphatic rings. The second-order valence-corrected chi connectivity index (χ2v) is 4.13. The highest BCUT2D eigenvalue weighted by atomic mass is 79.9. The molecule has 0 saturated carbocycles. The molecule has 0 radical (unpaired) electrons. The number of hydrogen-bond donors (Lipinski definition) is 0. The largest absolute Gasteiger partial charge is 0.439 e. The average Bonchev–Trinajstić information content (AvgIpc) is 2.28. The Labute approximate surface area is 107 Å². The number of halogens is 1. The molecule has 1 heterocycles. The van der Waals surface area contributed by atoms with E-state index in [9.17, 15) is 0 Å². The van der Waals surface area contributed by atoms with Crippen molar-refractivity contribution >= 4 is 15.9 Å². The second-order valence-electron chi connectivity index (χ2n) is 3.32. The maximum absolute atomic E-state index is 8.78. The van der Waals surface area contributed by atoms with E-state index >= 15 is 0 Å². The summed E-state index contributed by atoms with van der Waals surface area (Å²) < 4.78 is 6.21. The minimum absolute atomic E-state index is 0.444. The van der Waals surface area contributed by atoms with Gasteiger partial charge in [0.25, 0.3) is 0 Å². The molecule has 2 rings (SSSR count). The summed E-state index contributed by atoms with van der Waals surface area (Å²) in [6.07, 6.45) is 0. The van der Waals surface area contributed by atoms with Gasteiger partial charge in [0.2, 0.25) is 5.88 Å². The Kier molecular flexibility index (Phi) is 3.35. The third kappa shape index (κ3) is 3.02. The van der Waals surface area contributed by atoms with Crippen molar-refractivity contribution in [3.8, 4) is 17.7 Å². The summed E-state index contributed by atoms with van der Waals surface area (Å²) in [5.74, 6) is 1.64. The van der Waals surface area contributed by atoms with E-state index in [-0.39, 0.29) is 0 Å². The molecule has 0 aliphatic carbocycles. The summed E-state index contributed by atoms with van der Waals surface area (Å²) in [5, 5.41) is 8.78. The standard InChI is InChI=1S/C12H8BrN3O/c1-8-15-11(13)6-12(16-8)17-10-4-2-3-9(5-10)7-14/h2-6H,1H3. The van der Waals surface area contributed by atoms with E-state index < -0.39 is 0 Å². The van der Waals surface area contributed by atoms with Crippen molar-refractivity contribution in [1.82, 2.24) is 9.97 Å². The lowest BCUT2D eigenvalue weighted by atomic mass is 10.2. The van der Waals surface area contributed by atoms with Gasteiger partial charge < -0.3 is 4.74 Å². The maximum Gasteiger partial charge on any atom is 0.223 e. The van der Waals surface area contributed by atoms with Gasteiger partial charge in [0.05, 0.1) is 11.6 Å². The lowest BCUT2D eigenvalue weighted by molar-refractivity contribution is 0.459. The first kappa shape index (κ1) is 11.6. The van der Waals surface area contributed by atoms with E-state index in [1.165, 1.54) is 0 Å². The molecular weight excluding hydrogens is 282 g/mol. The third-order valence-electron chi connectivity index (χ3n) is 1.97. The van der Waals surface area contributed by atoms with Crippen LogP contribution >= 0.6 is 15.9 Å². The van der Waals surface area contributed by atoms with Gasteiger partial charge in [0.15, 0.2) is 0 Å². The molecule has 0 spiro atoms. The molecule has 1 aromatic heterocycles. The van der Waals surface area contributed by atoms with Gasteiger partial charge in [-0.2, -0.15) is 10.2 Å². The monoisotopic (exact) mass is 289 g/mol. The number of hydrogen-bond acceptors (Lipinski definition) is 4. The van der Waals surface area contributed by atoms with Gasteiger partial charge in [-0.1, -0.05) is 6.07 Å². The minimum Gasteiger partial charge on any atom is -0.439 e. The van der Waals surface area contributed by atoms with E-state index in [2.05, 4.69) is 32.0 Å². The average molecular weight is 290 g/mol. The van der Waals surface area contributed by atoms with Gasteiger partial charge in [-0.25, -0.2) is 4.98 Å². The highest BCUT2D eigenvalue weighted by Crippen LogP contribution is 2.22. The molecule has 2 aromatic rings. The molecule has 1 aromatic carbocycles. The highest BCUT2D eigenvalue weighted by Gasteiger charge is 2.03. The number of nitrogens with zero attached hydrogens (tertiary/aromatic N) is 3. The lowest BCUT2D eigenvalue weighted by Crippen LogP contribution is -1.93. The zero-order chi connectivity index (χ0) is 12.3. The first-order chi connectivity index (χ1) is 8.17. The van der Waals surface area contributed by atoms with Crippen LogP contribution in [-0.2, 0) is 0 Å². The van der Waals surface area contributed by atoms with Gasteiger partial charge in [0, 0.05) is 6.07 Å². The molecule has 0 atom stereocenters. The number of aryl methyl sites for hydroxylation is 1. The molecular formula is C12H8BrN3O. The quantitative estimate of drug-likeness (QED) is 0.797. The fraction of sp³-hybridized carbons (Fsp3) is 0.0833. The van der Waals surface area contributed by atoms with Crippen LogP contribution < -0.4 is 4.74 Å². The molecule has 4 nitrogen and oxygen atoms in total. The molecule has 17 heavy (non-hydrogen) atoms. The third-order valence-corrected chi connectivity index (χ3v) is 2.37. The predicted molar refractivity (Wildman–Crippen MR) is 65.7 cm³/mol. The van der Waals surface area contributed by atoms with Crippen molar-refractivity contribution in [1.29, 1.82) is 5.26 Å². The minimum atomic E-state index is 0.444. The number of rotatable bonds is 2. The van der Waals surface area contributed by atoms with Gasteiger partial charge in [0.1, 0.15) is 16.2 Å².